The van der Waals surface area contributed by atoms with E-state index in [1.807, 2.05) is 0 Å². The molecule has 0 bridgehead atoms. The van der Waals surface area contributed by atoms with Crippen molar-refractivity contribution < 1.29 is 4.74 Å². The lowest BCUT2D eigenvalue weighted by Gasteiger charge is -2.24. The Bertz CT molecular complexity index is 160. The first-order chi connectivity index (χ1) is 8.56. The van der Waals surface area contributed by atoms with E-state index in [1.165, 1.54) is 25.9 Å². The maximum Gasteiger partial charge on any atom is 0.0587 e. The lowest BCUT2D eigenvalue weighted by molar-refractivity contribution is 0.195. The summed E-state index contributed by atoms with van der Waals surface area (Å²) in [6.45, 7) is 15.7. The van der Waals surface area contributed by atoms with Gasteiger partial charge < -0.3 is 15.0 Å². The fourth-order valence-electron chi connectivity index (χ4n) is 1.75. The molecule has 18 heavy (non-hydrogen) atoms. The Balaban J connectivity index is 3.74. The van der Waals surface area contributed by atoms with Crippen LogP contribution in [0.15, 0.2) is 0 Å². The quantitative estimate of drug-likeness (QED) is 0.545. The summed E-state index contributed by atoms with van der Waals surface area (Å²) in [5, 5.41) is 3.43. The van der Waals surface area contributed by atoms with Gasteiger partial charge in [-0.3, -0.25) is 0 Å². The third kappa shape index (κ3) is 12.3. The van der Waals surface area contributed by atoms with Gasteiger partial charge >= 0.3 is 0 Å². The Labute approximate surface area is 114 Å². The monoisotopic (exact) mass is 258 g/mol. The van der Waals surface area contributed by atoms with Crippen molar-refractivity contribution in [1.29, 1.82) is 0 Å². The Kier molecular flexibility index (Phi) is 11.9. The predicted molar refractivity (Wildman–Crippen MR) is 80.1 cm³/mol. The summed E-state index contributed by atoms with van der Waals surface area (Å²) in [4.78, 5) is 2.60. The molecule has 0 rings (SSSR count). The van der Waals surface area contributed by atoms with Gasteiger partial charge in [-0.2, -0.15) is 0 Å². The van der Waals surface area contributed by atoms with Gasteiger partial charge in [0.15, 0.2) is 0 Å². The van der Waals surface area contributed by atoms with Crippen molar-refractivity contribution in [2.45, 2.75) is 40.5 Å². The van der Waals surface area contributed by atoms with Crippen molar-refractivity contribution in [1.82, 2.24) is 10.2 Å². The minimum absolute atomic E-state index is 0.799. The number of hydrogen-bond acceptors (Lipinski definition) is 3. The minimum atomic E-state index is 0.799. The molecule has 0 radical (unpaired) electrons. The average Bonchev–Trinajstić information content (AvgIpc) is 2.30. The number of hydrogen-bond donors (Lipinski definition) is 1. The van der Waals surface area contributed by atoms with Crippen LogP contribution in [0.1, 0.15) is 40.5 Å². The molecule has 0 atom stereocenters. The van der Waals surface area contributed by atoms with Gasteiger partial charge in [-0.15, -0.1) is 0 Å². The minimum Gasteiger partial charge on any atom is -0.383 e. The summed E-state index contributed by atoms with van der Waals surface area (Å²) < 4.78 is 5.03. The van der Waals surface area contributed by atoms with E-state index in [4.69, 9.17) is 4.74 Å². The Morgan fingerprint density at radius 1 is 0.889 bits per heavy atom. The highest BCUT2D eigenvalue weighted by Gasteiger charge is 2.06. The van der Waals surface area contributed by atoms with E-state index in [9.17, 15) is 0 Å². The highest BCUT2D eigenvalue weighted by atomic mass is 16.5. The van der Waals surface area contributed by atoms with Crippen LogP contribution in [0.25, 0.3) is 0 Å². The summed E-state index contributed by atoms with van der Waals surface area (Å²) >= 11 is 0. The van der Waals surface area contributed by atoms with Crippen molar-refractivity contribution in [3.05, 3.63) is 0 Å². The van der Waals surface area contributed by atoms with Gasteiger partial charge in [0.2, 0.25) is 0 Å². The van der Waals surface area contributed by atoms with Crippen LogP contribution in [-0.2, 0) is 4.74 Å². The van der Waals surface area contributed by atoms with E-state index in [-0.39, 0.29) is 0 Å². The van der Waals surface area contributed by atoms with Crippen LogP contribution in [0.3, 0.4) is 0 Å². The van der Waals surface area contributed by atoms with Crippen molar-refractivity contribution in [2.75, 3.05) is 46.4 Å². The topological polar surface area (TPSA) is 24.5 Å². The molecule has 0 aliphatic heterocycles. The van der Waals surface area contributed by atoms with Crippen LogP contribution >= 0.6 is 0 Å². The molecule has 3 nitrogen and oxygen atoms in total. The number of nitrogens with zero attached hydrogens (tertiary/aromatic N) is 1. The second-order valence-corrected chi connectivity index (χ2v) is 5.95. The van der Waals surface area contributed by atoms with Crippen LogP contribution in [0.5, 0.6) is 0 Å². The summed E-state index contributed by atoms with van der Waals surface area (Å²) in [7, 11) is 1.75. The molecule has 0 aromatic heterocycles. The van der Waals surface area contributed by atoms with Gasteiger partial charge in [0.1, 0.15) is 0 Å². The van der Waals surface area contributed by atoms with Gasteiger partial charge in [0, 0.05) is 26.7 Å². The van der Waals surface area contributed by atoms with Crippen LogP contribution < -0.4 is 5.32 Å². The van der Waals surface area contributed by atoms with E-state index in [1.54, 1.807) is 7.11 Å². The van der Waals surface area contributed by atoms with Crippen LogP contribution in [0, 0.1) is 11.8 Å². The molecule has 0 fully saturated rings. The molecule has 0 saturated heterocycles. The van der Waals surface area contributed by atoms with Gasteiger partial charge in [-0.25, -0.2) is 0 Å². The number of methoxy groups -OCH3 is 1. The molecular weight excluding hydrogens is 224 g/mol. The lowest BCUT2D eigenvalue weighted by Crippen LogP contribution is -2.35. The fraction of sp³-hybridized carbons (Fsp3) is 1.00. The first kappa shape index (κ1) is 17.9. The zero-order valence-electron chi connectivity index (χ0n) is 13.2. The molecule has 1 N–H and O–H groups in total. The zero-order valence-corrected chi connectivity index (χ0v) is 13.2. The van der Waals surface area contributed by atoms with Crippen LogP contribution in [0.4, 0.5) is 0 Å². The molecule has 0 spiro atoms. The van der Waals surface area contributed by atoms with Crippen molar-refractivity contribution >= 4 is 0 Å². The van der Waals surface area contributed by atoms with E-state index >= 15 is 0 Å². The van der Waals surface area contributed by atoms with Gasteiger partial charge in [0.05, 0.1) is 6.61 Å². The third-order valence-corrected chi connectivity index (χ3v) is 3.13. The molecule has 0 aromatic rings. The summed E-state index contributed by atoms with van der Waals surface area (Å²) in [5.74, 6) is 1.60. The summed E-state index contributed by atoms with van der Waals surface area (Å²) in [5.41, 5.74) is 0. The standard InChI is InChI=1S/C15H34N2O/c1-14(2)6-10-17(11-7-15(3)4)12-8-16-9-13-18-5/h14-16H,6-13H2,1-5H3. The fourth-order valence-corrected chi connectivity index (χ4v) is 1.75. The molecule has 110 valence electrons. The Hall–Kier alpha value is -0.120. The zero-order chi connectivity index (χ0) is 13.8. The largest absolute Gasteiger partial charge is 0.383 e. The Morgan fingerprint density at radius 3 is 1.89 bits per heavy atom. The summed E-state index contributed by atoms with van der Waals surface area (Å²) in [6, 6.07) is 0. The van der Waals surface area contributed by atoms with Crippen LogP contribution in [-0.4, -0.2) is 51.3 Å². The van der Waals surface area contributed by atoms with Crippen molar-refractivity contribution in [2.24, 2.45) is 11.8 Å². The maximum atomic E-state index is 5.03. The van der Waals surface area contributed by atoms with Gasteiger partial charge in [-0.1, -0.05) is 27.7 Å². The van der Waals surface area contributed by atoms with E-state index in [2.05, 4.69) is 37.9 Å². The molecule has 0 heterocycles. The van der Waals surface area contributed by atoms with Crippen LogP contribution in [0.2, 0.25) is 0 Å². The SMILES string of the molecule is COCCNCCN(CCC(C)C)CCC(C)C. The van der Waals surface area contributed by atoms with Crippen molar-refractivity contribution in [3.8, 4) is 0 Å². The normalized spacial score (nSPS) is 12.0. The van der Waals surface area contributed by atoms with Crippen molar-refractivity contribution in [3.63, 3.8) is 0 Å². The van der Waals surface area contributed by atoms with E-state index < -0.39 is 0 Å². The molecule has 3 heteroatoms. The first-order valence-corrected chi connectivity index (χ1v) is 7.48. The predicted octanol–water partition coefficient (Wildman–Crippen LogP) is 2.62. The molecule has 0 aliphatic carbocycles. The maximum absolute atomic E-state index is 5.03. The molecule has 0 aliphatic rings. The highest BCUT2D eigenvalue weighted by molar-refractivity contribution is 4.63. The number of ether oxygens (including phenoxy) is 1. The second-order valence-electron chi connectivity index (χ2n) is 5.95. The highest BCUT2D eigenvalue weighted by Crippen LogP contribution is 2.05. The number of rotatable bonds is 12. The molecule has 0 aromatic carbocycles. The van der Waals surface area contributed by atoms with Gasteiger partial charge in [-0.05, 0) is 37.8 Å². The smallest absolute Gasteiger partial charge is 0.0587 e. The Morgan fingerprint density at radius 2 is 1.44 bits per heavy atom. The number of nitrogens with one attached hydrogen (secondary N) is 1. The molecule has 0 saturated carbocycles. The third-order valence-electron chi connectivity index (χ3n) is 3.13. The van der Waals surface area contributed by atoms with E-state index in [0.717, 1.165) is 38.1 Å². The first-order valence-electron chi connectivity index (χ1n) is 7.48. The van der Waals surface area contributed by atoms with Gasteiger partial charge in [0.25, 0.3) is 0 Å². The molecule has 0 unspecified atom stereocenters. The molecular formula is C15H34N2O. The lowest BCUT2D eigenvalue weighted by atomic mass is 10.1. The average molecular weight is 258 g/mol. The summed E-state index contributed by atoms with van der Waals surface area (Å²) in [6.07, 6.45) is 2.60. The molecule has 0 amide bonds. The second kappa shape index (κ2) is 11.9. The van der Waals surface area contributed by atoms with E-state index in [0.29, 0.717) is 0 Å².